The second-order valence-corrected chi connectivity index (χ2v) is 8.71. The standard InChI is InChI=1S/C27H34N2O3S/c1-2-9-25(30)24(20-33)28-32-26(31)16-19-29-17-14-23(15-18-29)27(21-10-5-3-6-11-21)22-12-7-4-8-13-22/h3-8,10-13,24,28,33H,2,9,14-20H2,1H3. The number of nitrogens with one attached hydrogen (secondary N) is 1. The lowest BCUT2D eigenvalue weighted by Gasteiger charge is -2.30. The molecule has 0 aromatic heterocycles. The van der Waals surface area contributed by atoms with Crippen molar-refractivity contribution in [3.63, 3.8) is 0 Å². The van der Waals surface area contributed by atoms with Crippen LogP contribution in [0.5, 0.6) is 0 Å². The highest BCUT2D eigenvalue weighted by atomic mass is 32.1. The fraction of sp³-hybridized carbons (Fsp3) is 0.407. The summed E-state index contributed by atoms with van der Waals surface area (Å²) in [6.07, 6.45) is 3.45. The van der Waals surface area contributed by atoms with E-state index in [2.05, 4.69) is 71.5 Å². The van der Waals surface area contributed by atoms with Crippen LogP contribution in [0, 0.1) is 0 Å². The Morgan fingerprint density at radius 1 is 0.970 bits per heavy atom. The molecule has 176 valence electrons. The van der Waals surface area contributed by atoms with Crippen LogP contribution in [0.2, 0.25) is 0 Å². The lowest BCUT2D eigenvalue weighted by molar-refractivity contribution is -0.154. The Kier molecular flexibility index (Phi) is 10.2. The van der Waals surface area contributed by atoms with Gasteiger partial charge in [-0.25, -0.2) is 0 Å². The van der Waals surface area contributed by atoms with Crippen molar-refractivity contribution in [2.24, 2.45) is 0 Å². The molecule has 1 N–H and O–H groups in total. The summed E-state index contributed by atoms with van der Waals surface area (Å²) in [4.78, 5) is 31.6. The van der Waals surface area contributed by atoms with Crippen molar-refractivity contribution in [1.29, 1.82) is 0 Å². The molecule has 1 aliphatic rings. The van der Waals surface area contributed by atoms with Crippen molar-refractivity contribution in [3.05, 3.63) is 77.4 Å². The number of hydrogen-bond acceptors (Lipinski definition) is 6. The van der Waals surface area contributed by atoms with Gasteiger partial charge in [0.2, 0.25) is 0 Å². The predicted octanol–water partition coefficient (Wildman–Crippen LogP) is 4.69. The van der Waals surface area contributed by atoms with Crippen LogP contribution in [-0.4, -0.2) is 48.1 Å². The van der Waals surface area contributed by atoms with Crippen LogP contribution in [0.4, 0.5) is 0 Å². The number of Topliss-reactive ketones (excluding diaryl/α,β-unsaturated/α-hetero) is 1. The molecular weight excluding hydrogens is 432 g/mol. The van der Waals surface area contributed by atoms with E-state index in [1.165, 1.54) is 22.3 Å². The molecule has 0 amide bonds. The van der Waals surface area contributed by atoms with E-state index in [4.69, 9.17) is 4.84 Å². The first-order valence-electron chi connectivity index (χ1n) is 11.8. The van der Waals surface area contributed by atoms with E-state index in [0.717, 1.165) is 32.4 Å². The summed E-state index contributed by atoms with van der Waals surface area (Å²) in [5.74, 6) is -0.0247. The molecule has 0 radical (unpaired) electrons. The summed E-state index contributed by atoms with van der Waals surface area (Å²) < 4.78 is 0. The molecule has 1 unspecified atom stereocenters. The first kappa shape index (κ1) is 25.2. The molecule has 3 rings (SSSR count). The molecule has 0 spiro atoms. The van der Waals surface area contributed by atoms with Crippen molar-refractivity contribution in [3.8, 4) is 0 Å². The van der Waals surface area contributed by atoms with Crippen molar-refractivity contribution in [1.82, 2.24) is 10.4 Å². The summed E-state index contributed by atoms with van der Waals surface area (Å²) >= 11 is 4.18. The van der Waals surface area contributed by atoms with Gasteiger partial charge in [0.25, 0.3) is 0 Å². The molecule has 1 aliphatic heterocycles. The van der Waals surface area contributed by atoms with Gasteiger partial charge in [0, 0.05) is 31.8 Å². The van der Waals surface area contributed by atoms with E-state index in [1.54, 1.807) is 0 Å². The van der Waals surface area contributed by atoms with Gasteiger partial charge in [-0.2, -0.15) is 12.6 Å². The zero-order valence-corrected chi connectivity index (χ0v) is 20.2. The quantitative estimate of drug-likeness (QED) is 0.372. The van der Waals surface area contributed by atoms with Crippen LogP contribution in [-0.2, 0) is 14.4 Å². The average molecular weight is 467 g/mol. The number of carbonyl (C=O) groups excluding carboxylic acids is 2. The maximum absolute atomic E-state index is 12.2. The van der Waals surface area contributed by atoms with Crippen LogP contribution < -0.4 is 5.48 Å². The Balaban J connectivity index is 1.54. The molecule has 0 bridgehead atoms. The Morgan fingerprint density at radius 2 is 1.55 bits per heavy atom. The number of thiol groups is 1. The number of hydroxylamine groups is 1. The largest absolute Gasteiger partial charge is 0.370 e. The Morgan fingerprint density at radius 3 is 2.06 bits per heavy atom. The van der Waals surface area contributed by atoms with Gasteiger partial charge in [-0.3, -0.25) is 9.59 Å². The Hall–Kier alpha value is -2.41. The highest BCUT2D eigenvalue weighted by Gasteiger charge is 2.21. The van der Waals surface area contributed by atoms with Gasteiger partial charge < -0.3 is 9.74 Å². The van der Waals surface area contributed by atoms with Crippen LogP contribution in [0.3, 0.4) is 0 Å². The number of carbonyl (C=O) groups is 2. The molecule has 0 aliphatic carbocycles. The van der Waals surface area contributed by atoms with E-state index in [0.29, 0.717) is 18.7 Å². The third-order valence-electron chi connectivity index (χ3n) is 5.95. The van der Waals surface area contributed by atoms with Crippen molar-refractivity contribution in [2.75, 3.05) is 25.4 Å². The van der Waals surface area contributed by atoms with E-state index in [1.807, 2.05) is 19.1 Å². The topological polar surface area (TPSA) is 58.6 Å². The molecule has 1 fully saturated rings. The SMILES string of the molecule is CCCC(=O)C(CS)NOC(=O)CCN1CCC(=C(c2ccccc2)c2ccccc2)CC1. The molecule has 1 atom stereocenters. The number of ketones is 1. The van der Waals surface area contributed by atoms with Gasteiger partial charge in [0.15, 0.2) is 5.78 Å². The average Bonchev–Trinajstić information content (AvgIpc) is 2.85. The van der Waals surface area contributed by atoms with Gasteiger partial charge in [-0.1, -0.05) is 73.2 Å². The minimum atomic E-state index is -0.547. The van der Waals surface area contributed by atoms with Crippen molar-refractivity contribution < 1.29 is 14.4 Å². The van der Waals surface area contributed by atoms with Crippen LogP contribution >= 0.6 is 12.6 Å². The molecule has 0 saturated carbocycles. The summed E-state index contributed by atoms with van der Waals surface area (Å²) in [5.41, 5.74) is 7.88. The van der Waals surface area contributed by atoms with Crippen LogP contribution in [0.1, 0.15) is 50.2 Å². The summed E-state index contributed by atoms with van der Waals surface area (Å²) in [6.45, 7) is 4.41. The maximum atomic E-state index is 12.2. The highest BCUT2D eigenvalue weighted by Crippen LogP contribution is 2.32. The minimum absolute atomic E-state index is 0.0169. The highest BCUT2D eigenvalue weighted by molar-refractivity contribution is 7.80. The lowest BCUT2D eigenvalue weighted by atomic mass is 9.88. The fourth-order valence-electron chi connectivity index (χ4n) is 4.14. The van der Waals surface area contributed by atoms with Gasteiger partial charge in [-0.15, -0.1) is 5.48 Å². The maximum Gasteiger partial charge on any atom is 0.326 e. The number of rotatable bonds is 11. The van der Waals surface area contributed by atoms with Crippen LogP contribution in [0.25, 0.3) is 5.57 Å². The van der Waals surface area contributed by atoms with Gasteiger partial charge in [0.1, 0.15) is 6.04 Å². The molecule has 2 aromatic rings. The van der Waals surface area contributed by atoms with Crippen molar-refractivity contribution in [2.45, 2.75) is 45.1 Å². The smallest absolute Gasteiger partial charge is 0.326 e. The molecule has 1 saturated heterocycles. The van der Waals surface area contributed by atoms with Gasteiger partial charge in [0.05, 0.1) is 6.42 Å². The number of hydrogen-bond donors (Lipinski definition) is 2. The number of benzene rings is 2. The predicted molar refractivity (Wildman–Crippen MR) is 136 cm³/mol. The number of nitrogens with zero attached hydrogens (tertiary/aromatic N) is 1. The molecule has 1 heterocycles. The van der Waals surface area contributed by atoms with E-state index >= 15 is 0 Å². The second kappa shape index (κ2) is 13.3. The summed E-state index contributed by atoms with van der Waals surface area (Å²) in [5, 5.41) is 0. The van der Waals surface area contributed by atoms with Gasteiger partial charge >= 0.3 is 5.97 Å². The molecule has 6 heteroatoms. The summed E-state index contributed by atoms with van der Waals surface area (Å²) in [7, 11) is 0. The molecule has 5 nitrogen and oxygen atoms in total. The van der Waals surface area contributed by atoms with Crippen molar-refractivity contribution >= 4 is 30.0 Å². The lowest BCUT2D eigenvalue weighted by Crippen LogP contribution is -2.40. The van der Waals surface area contributed by atoms with Crippen LogP contribution in [0.15, 0.2) is 66.2 Å². The molecular formula is C27H34N2O3S. The van der Waals surface area contributed by atoms with E-state index in [9.17, 15) is 9.59 Å². The minimum Gasteiger partial charge on any atom is -0.370 e. The third kappa shape index (κ3) is 7.56. The summed E-state index contributed by atoms with van der Waals surface area (Å²) in [6, 6.07) is 20.6. The first-order valence-corrected chi connectivity index (χ1v) is 12.4. The fourth-order valence-corrected chi connectivity index (χ4v) is 4.42. The monoisotopic (exact) mass is 466 g/mol. The molecule has 33 heavy (non-hydrogen) atoms. The third-order valence-corrected chi connectivity index (χ3v) is 6.32. The van der Waals surface area contributed by atoms with Gasteiger partial charge in [-0.05, 0) is 36.0 Å². The van der Waals surface area contributed by atoms with E-state index in [-0.39, 0.29) is 18.2 Å². The van der Waals surface area contributed by atoms with E-state index < -0.39 is 6.04 Å². The Bertz CT molecular complexity index is 879. The number of likely N-dealkylation sites (tertiary alicyclic amines) is 1. The number of piperidine rings is 1. The molecule has 2 aromatic carbocycles. The second-order valence-electron chi connectivity index (χ2n) is 8.35. The zero-order chi connectivity index (χ0) is 23.5. The normalized spacial score (nSPS) is 15.2. The zero-order valence-electron chi connectivity index (χ0n) is 19.3. The Labute approximate surface area is 202 Å². The first-order chi connectivity index (χ1) is 16.1.